The van der Waals surface area contributed by atoms with E-state index in [1.807, 2.05) is 13.8 Å². The standard InChI is InChI=1S/C9H12N6OS/c1-5-6(2)17-9(11-5)12-8(16)4-15-3-7(10)13-14-15/h3H,4,10H2,1-2H3,(H,11,12,16). The number of amides is 1. The lowest BCUT2D eigenvalue weighted by molar-refractivity contribution is -0.116. The lowest BCUT2D eigenvalue weighted by Gasteiger charge is -2.00. The van der Waals surface area contributed by atoms with E-state index in [-0.39, 0.29) is 12.5 Å². The van der Waals surface area contributed by atoms with Crippen LogP contribution in [0.3, 0.4) is 0 Å². The summed E-state index contributed by atoms with van der Waals surface area (Å²) < 4.78 is 1.37. The molecule has 0 spiro atoms. The number of carbonyl (C=O) groups excluding carboxylic acids is 1. The molecule has 2 heterocycles. The van der Waals surface area contributed by atoms with Crippen LogP contribution >= 0.6 is 11.3 Å². The first-order chi connectivity index (χ1) is 8.04. The Hall–Kier alpha value is -1.96. The van der Waals surface area contributed by atoms with Gasteiger partial charge in [-0.3, -0.25) is 4.79 Å². The Morgan fingerprint density at radius 2 is 2.35 bits per heavy atom. The normalized spacial score (nSPS) is 10.5. The molecule has 8 heteroatoms. The number of thiazole rings is 1. The molecule has 0 fully saturated rings. The van der Waals surface area contributed by atoms with Crippen LogP contribution in [0, 0.1) is 13.8 Å². The molecule has 3 N–H and O–H groups in total. The second-order valence-corrected chi connectivity index (χ2v) is 4.75. The third-order valence-corrected chi connectivity index (χ3v) is 3.13. The van der Waals surface area contributed by atoms with Crippen LogP contribution in [-0.2, 0) is 11.3 Å². The lowest BCUT2D eigenvalue weighted by Crippen LogP contribution is -2.19. The zero-order valence-electron chi connectivity index (χ0n) is 9.47. The third kappa shape index (κ3) is 2.78. The number of aryl methyl sites for hydroxylation is 2. The molecule has 2 rings (SSSR count). The molecule has 0 aliphatic rings. The molecule has 90 valence electrons. The summed E-state index contributed by atoms with van der Waals surface area (Å²) >= 11 is 1.45. The molecule has 0 aliphatic heterocycles. The van der Waals surface area contributed by atoms with Crippen LogP contribution < -0.4 is 11.1 Å². The van der Waals surface area contributed by atoms with E-state index in [0.29, 0.717) is 10.9 Å². The fraction of sp³-hybridized carbons (Fsp3) is 0.333. The summed E-state index contributed by atoms with van der Waals surface area (Å²) in [5.74, 6) is 0.0855. The van der Waals surface area contributed by atoms with Gasteiger partial charge in [0.2, 0.25) is 5.91 Å². The Morgan fingerprint density at radius 3 is 2.88 bits per heavy atom. The fourth-order valence-corrected chi connectivity index (χ4v) is 2.05. The molecule has 0 aromatic carbocycles. The van der Waals surface area contributed by atoms with Crippen LogP contribution in [-0.4, -0.2) is 25.9 Å². The lowest BCUT2D eigenvalue weighted by atomic mass is 10.4. The average molecular weight is 252 g/mol. The monoisotopic (exact) mass is 252 g/mol. The third-order valence-electron chi connectivity index (χ3n) is 2.14. The van der Waals surface area contributed by atoms with Gasteiger partial charge < -0.3 is 11.1 Å². The molecule has 2 aromatic heterocycles. The van der Waals surface area contributed by atoms with Gasteiger partial charge in [0.1, 0.15) is 6.54 Å². The second kappa shape index (κ2) is 4.50. The maximum absolute atomic E-state index is 11.6. The molecule has 17 heavy (non-hydrogen) atoms. The van der Waals surface area contributed by atoms with E-state index < -0.39 is 0 Å². The van der Waals surface area contributed by atoms with E-state index in [4.69, 9.17) is 5.73 Å². The van der Waals surface area contributed by atoms with E-state index in [1.54, 1.807) is 0 Å². The van der Waals surface area contributed by atoms with Crippen LogP contribution in [0.5, 0.6) is 0 Å². The highest BCUT2D eigenvalue weighted by Crippen LogP contribution is 2.20. The topological polar surface area (TPSA) is 98.7 Å². The molecular weight excluding hydrogens is 240 g/mol. The predicted molar refractivity (Wildman–Crippen MR) is 64.7 cm³/mol. The van der Waals surface area contributed by atoms with Crippen molar-refractivity contribution in [1.82, 2.24) is 20.0 Å². The molecule has 0 unspecified atom stereocenters. The van der Waals surface area contributed by atoms with Gasteiger partial charge in [-0.05, 0) is 13.8 Å². The van der Waals surface area contributed by atoms with E-state index in [0.717, 1.165) is 10.6 Å². The molecule has 1 amide bonds. The summed E-state index contributed by atoms with van der Waals surface area (Å²) in [6.07, 6.45) is 1.50. The molecule has 0 saturated heterocycles. The number of nitrogens with one attached hydrogen (secondary N) is 1. The van der Waals surface area contributed by atoms with Crippen molar-refractivity contribution < 1.29 is 4.79 Å². The first-order valence-corrected chi connectivity index (χ1v) is 5.76. The number of nitrogens with zero attached hydrogens (tertiary/aromatic N) is 4. The van der Waals surface area contributed by atoms with E-state index >= 15 is 0 Å². The van der Waals surface area contributed by atoms with Crippen LogP contribution in [0.4, 0.5) is 10.9 Å². The summed E-state index contributed by atoms with van der Waals surface area (Å²) in [6.45, 7) is 3.93. The van der Waals surface area contributed by atoms with E-state index in [1.165, 1.54) is 22.2 Å². The summed E-state index contributed by atoms with van der Waals surface area (Å²) in [6, 6.07) is 0. The van der Waals surface area contributed by atoms with Crippen molar-refractivity contribution in [1.29, 1.82) is 0 Å². The number of nitrogens with two attached hydrogens (primary N) is 1. The van der Waals surface area contributed by atoms with Crippen LogP contribution in [0.25, 0.3) is 0 Å². The molecule has 0 saturated carbocycles. The van der Waals surface area contributed by atoms with Gasteiger partial charge in [-0.2, -0.15) is 0 Å². The maximum atomic E-state index is 11.6. The van der Waals surface area contributed by atoms with Gasteiger partial charge in [-0.1, -0.05) is 5.21 Å². The van der Waals surface area contributed by atoms with Crippen LogP contribution in [0.1, 0.15) is 10.6 Å². The number of anilines is 2. The Kier molecular flexibility index (Phi) is 3.05. The SMILES string of the molecule is Cc1nc(NC(=O)Cn2cc(N)nn2)sc1C. The van der Waals surface area contributed by atoms with E-state index in [2.05, 4.69) is 20.6 Å². The first-order valence-electron chi connectivity index (χ1n) is 4.94. The van der Waals surface area contributed by atoms with Crippen LogP contribution in [0.2, 0.25) is 0 Å². The number of hydrogen-bond acceptors (Lipinski definition) is 6. The van der Waals surface area contributed by atoms with Gasteiger partial charge in [0, 0.05) is 4.88 Å². The van der Waals surface area contributed by atoms with Crippen molar-refractivity contribution in [2.45, 2.75) is 20.4 Å². The molecule has 0 aliphatic carbocycles. The first kappa shape index (κ1) is 11.5. The number of rotatable bonds is 3. The Labute approximate surface area is 102 Å². The molecular formula is C9H12N6OS. The fourth-order valence-electron chi connectivity index (χ4n) is 1.22. The molecule has 0 atom stereocenters. The largest absolute Gasteiger partial charge is 0.381 e. The Balaban J connectivity index is 1.97. The van der Waals surface area contributed by atoms with Crippen molar-refractivity contribution in [2.75, 3.05) is 11.1 Å². The molecule has 2 aromatic rings. The Morgan fingerprint density at radius 1 is 1.59 bits per heavy atom. The summed E-state index contributed by atoms with van der Waals surface area (Å²) in [5, 5.41) is 10.6. The predicted octanol–water partition coefficient (Wildman–Crippen LogP) is 0.572. The smallest absolute Gasteiger partial charge is 0.247 e. The van der Waals surface area contributed by atoms with E-state index in [9.17, 15) is 4.79 Å². The average Bonchev–Trinajstić information content (AvgIpc) is 2.75. The highest BCUT2D eigenvalue weighted by Gasteiger charge is 2.09. The highest BCUT2D eigenvalue weighted by atomic mass is 32.1. The Bertz CT molecular complexity index is 526. The number of hydrogen-bond donors (Lipinski definition) is 2. The minimum atomic E-state index is -0.205. The molecule has 0 radical (unpaired) electrons. The van der Waals surface area contributed by atoms with Gasteiger partial charge >= 0.3 is 0 Å². The van der Waals surface area contributed by atoms with Crippen molar-refractivity contribution in [3.63, 3.8) is 0 Å². The number of aromatic nitrogens is 4. The quantitative estimate of drug-likeness (QED) is 0.832. The van der Waals surface area contributed by atoms with Crippen molar-refractivity contribution in [3.8, 4) is 0 Å². The van der Waals surface area contributed by atoms with Crippen molar-refractivity contribution in [3.05, 3.63) is 16.8 Å². The zero-order chi connectivity index (χ0) is 12.4. The van der Waals surface area contributed by atoms with Crippen LogP contribution in [0.15, 0.2) is 6.20 Å². The molecule has 0 bridgehead atoms. The van der Waals surface area contributed by atoms with Crippen molar-refractivity contribution >= 4 is 28.2 Å². The van der Waals surface area contributed by atoms with Crippen molar-refractivity contribution in [2.24, 2.45) is 0 Å². The van der Waals surface area contributed by atoms with Gasteiger partial charge in [-0.15, -0.1) is 16.4 Å². The summed E-state index contributed by atoms with van der Waals surface area (Å²) in [5.41, 5.74) is 6.32. The summed E-state index contributed by atoms with van der Waals surface area (Å²) in [4.78, 5) is 16.9. The maximum Gasteiger partial charge on any atom is 0.247 e. The highest BCUT2D eigenvalue weighted by molar-refractivity contribution is 7.15. The number of nitrogen functional groups attached to an aromatic ring is 1. The summed E-state index contributed by atoms with van der Waals surface area (Å²) in [7, 11) is 0. The second-order valence-electron chi connectivity index (χ2n) is 3.55. The van der Waals surface area contributed by atoms with Gasteiger partial charge in [-0.25, -0.2) is 9.67 Å². The number of carbonyl (C=O) groups is 1. The van der Waals surface area contributed by atoms with Gasteiger partial charge in [0.05, 0.1) is 11.9 Å². The van der Waals surface area contributed by atoms with Gasteiger partial charge in [0.15, 0.2) is 10.9 Å². The minimum Gasteiger partial charge on any atom is -0.381 e. The molecule has 7 nitrogen and oxygen atoms in total. The van der Waals surface area contributed by atoms with Gasteiger partial charge in [0.25, 0.3) is 0 Å². The minimum absolute atomic E-state index is 0.0713. The zero-order valence-corrected chi connectivity index (χ0v) is 10.3.